The van der Waals surface area contributed by atoms with Crippen molar-refractivity contribution in [3.8, 4) is 11.5 Å². The molecule has 0 aliphatic rings. The van der Waals surface area contributed by atoms with Gasteiger partial charge in [-0.1, -0.05) is 59.8 Å². The number of aliphatic hydroxyl groups is 1. The molecule has 4 nitrogen and oxygen atoms in total. The molecule has 0 amide bonds. The standard InChI is InChI=1S/C17H16N2O2S/c1-12-7-9-14(10-8-12)16-18-19-17(21-16)22-11-15(20)13-5-3-2-4-6-13/h2-10,15,20H,11H2,1H3. The topological polar surface area (TPSA) is 59.2 Å². The van der Waals surface area contributed by atoms with E-state index < -0.39 is 6.10 Å². The molecule has 112 valence electrons. The first-order chi connectivity index (χ1) is 10.7. The lowest BCUT2D eigenvalue weighted by Gasteiger charge is -2.08. The molecule has 0 fully saturated rings. The Labute approximate surface area is 133 Å². The van der Waals surface area contributed by atoms with Gasteiger partial charge in [0.15, 0.2) is 0 Å². The van der Waals surface area contributed by atoms with E-state index in [1.807, 2.05) is 61.5 Å². The number of rotatable bonds is 5. The number of hydrogen-bond acceptors (Lipinski definition) is 5. The van der Waals surface area contributed by atoms with Crippen LogP contribution in [0.2, 0.25) is 0 Å². The quantitative estimate of drug-likeness (QED) is 0.725. The Kier molecular flexibility index (Phi) is 4.56. The summed E-state index contributed by atoms with van der Waals surface area (Å²) in [5, 5.41) is 18.7. The molecule has 0 bridgehead atoms. The Morgan fingerprint density at radius 2 is 1.77 bits per heavy atom. The van der Waals surface area contributed by atoms with Crippen molar-refractivity contribution in [1.29, 1.82) is 0 Å². The van der Waals surface area contributed by atoms with E-state index in [1.54, 1.807) is 0 Å². The third-order valence-electron chi connectivity index (χ3n) is 3.25. The Bertz CT molecular complexity index is 726. The molecule has 3 rings (SSSR count). The van der Waals surface area contributed by atoms with Crippen molar-refractivity contribution >= 4 is 11.8 Å². The van der Waals surface area contributed by atoms with Crippen LogP contribution in [0.25, 0.3) is 11.5 Å². The minimum absolute atomic E-state index is 0.463. The van der Waals surface area contributed by atoms with Gasteiger partial charge in [0, 0.05) is 11.3 Å². The molecule has 3 aromatic rings. The van der Waals surface area contributed by atoms with Gasteiger partial charge in [-0.25, -0.2) is 0 Å². The van der Waals surface area contributed by atoms with E-state index in [9.17, 15) is 5.11 Å². The zero-order valence-corrected chi connectivity index (χ0v) is 13.0. The van der Waals surface area contributed by atoms with Crippen LogP contribution in [-0.4, -0.2) is 21.1 Å². The zero-order valence-electron chi connectivity index (χ0n) is 12.1. The van der Waals surface area contributed by atoms with Gasteiger partial charge in [0.25, 0.3) is 5.22 Å². The number of hydrogen-bond donors (Lipinski definition) is 1. The van der Waals surface area contributed by atoms with Gasteiger partial charge in [-0.05, 0) is 24.6 Å². The lowest BCUT2D eigenvalue weighted by atomic mass is 10.1. The SMILES string of the molecule is Cc1ccc(-c2nnc(SCC(O)c3ccccc3)o2)cc1. The molecule has 0 spiro atoms. The van der Waals surface area contributed by atoms with Gasteiger partial charge >= 0.3 is 0 Å². The smallest absolute Gasteiger partial charge is 0.276 e. The number of aliphatic hydroxyl groups excluding tert-OH is 1. The molecular formula is C17H16N2O2S. The molecule has 1 heterocycles. The van der Waals surface area contributed by atoms with Gasteiger partial charge in [-0.2, -0.15) is 0 Å². The van der Waals surface area contributed by atoms with E-state index in [0.717, 1.165) is 11.1 Å². The maximum absolute atomic E-state index is 10.1. The molecule has 0 aliphatic carbocycles. The highest BCUT2D eigenvalue weighted by atomic mass is 32.2. The molecule has 1 aromatic heterocycles. The average molecular weight is 312 g/mol. The summed E-state index contributed by atoms with van der Waals surface area (Å²) in [7, 11) is 0. The van der Waals surface area contributed by atoms with Crippen molar-refractivity contribution in [3.05, 3.63) is 65.7 Å². The highest BCUT2D eigenvalue weighted by Crippen LogP contribution is 2.26. The summed E-state index contributed by atoms with van der Waals surface area (Å²) in [6.45, 7) is 2.03. The maximum atomic E-state index is 10.1. The molecule has 0 saturated heterocycles. The molecule has 1 atom stereocenters. The molecule has 0 radical (unpaired) electrons. The number of aromatic nitrogens is 2. The Hall–Kier alpha value is -2.11. The third kappa shape index (κ3) is 3.55. The second-order valence-corrected chi connectivity index (χ2v) is 5.95. The predicted octanol–water partition coefficient (Wildman–Crippen LogP) is 3.87. The van der Waals surface area contributed by atoms with Crippen molar-refractivity contribution < 1.29 is 9.52 Å². The minimum atomic E-state index is -0.555. The van der Waals surface area contributed by atoms with Crippen LogP contribution >= 0.6 is 11.8 Å². The van der Waals surface area contributed by atoms with Gasteiger partial charge in [-0.15, -0.1) is 10.2 Å². The first-order valence-corrected chi connectivity index (χ1v) is 7.97. The predicted molar refractivity (Wildman–Crippen MR) is 86.6 cm³/mol. The lowest BCUT2D eigenvalue weighted by molar-refractivity contribution is 0.204. The average Bonchev–Trinajstić information content (AvgIpc) is 3.03. The van der Waals surface area contributed by atoms with Crippen molar-refractivity contribution in [2.24, 2.45) is 0 Å². The third-order valence-corrected chi connectivity index (χ3v) is 4.15. The molecular weight excluding hydrogens is 296 g/mol. The summed E-state index contributed by atoms with van der Waals surface area (Å²) < 4.78 is 5.63. The molecule has 1 unspecified atom stereocenters. The highest BCUT2D eigenvalue weighted by Gasteiger charge is 2.12. The van der Waals surface area contributed by atoms with Gasteiger partial charge in [0.1, 0.15) is 0 Å². The summed E-state index contributed by atoms with van der Waals surface area (Å²) in [6, 6.07) is 17.5. The fraction of sp³-hybridized carbons (Fsp3) is 0.176. The van der Waals surface area contributed by atoms with Crippen LogP contribution in [0.1, 0.15) is 17.2 Å². The Balaban J connectivity index is 1.63. The van der Waals surface area contributed by atoms with Gasteiger partial charge in [0.05, 0.1) is 6.10 Å². The van der Waals surface area contributed by atoms with Crippen molar-refractivity contribution in [2.75, 3.05) is 5.75 Å². The molecule has 0 aliphatic heterocycles. The molecule has 2 aromatic carbocycles. The highest BCUT2D eigenvalue weighted by molar-refractivity contribution is 7.99. The Morgan fingerprint density at radius 3 is 2.50 bits per heavy atom. The summed E-state index contributed by atoms with van der Waals surface area (Å²) in [5.41, 5.74) is 2.96. The number of benzene rings is 2. The number of nitrogens with zero attached hydrogens (tertiary/aromatic N) is 2. The first kappa shape index (κ1) is 14.8. The van der Waals surface area contributed by atoms with E-state index in [-0.39, 0.29) is 0 Å². The molecule has 5 heteroatoms. The van der Waals surface area contributed by atoms with Crippen LogP contribution in [0, 0.1) is 6.92 Å². The van der Waals surface area contributed by atoms with Crippen LogP contribution in [0.5, 0.6) is 0 Å². The fourth-order valence-corrected chi connectivity index (χ4v) is 2.73. The maximum Gasteiger partial charge on any atom is 0.276 e. The lowest BCUT2D eigenvalue weighted by Crippen LogP contribution is -1.99. The van der Waals surface area contributed by atoms with E-state index in [0.29, 0.717) is 16.9 Å². The molecule has 1 N–H and O–H groups in total. The first-order valence-electron chi connectivity index (χ1n) is 6.99. The van der Waals surface area contributed by atoms with Gasteiger partial charge in [-0.3, -0.25) is 0 Å². The van der Waals surface area contributed by atoms with Crippen molar-refractivity contribution in [1.82, 2.24) is 10.2 Å². The second kappa shape index (κ2) is 6.77. The van der Waals surface area contributed by atoms with Crippen LogP contribution in [0.15, 0.2) is 64.2 Å². The van der Waals surface area contributed by atoms with Crippen molar-refractivity contribution in [3.63, 3.8) is 0 Å². The van der Waals surface area contributed by atoms with E-state index in [4.69, 9.17) is 4.42 Å². The second-order valence-electron chi connectivity index (χ2n) is 4.98. The summed E-state index contributed by atoms with van der Waals surface area (Å²) in [6.07, 6.45) is -0.555. The minimum Gasteiger partial charge on any atom is -0.411 e. The largest absolute Gasteiger partial charge is 0.411 e. The molecule has 0 saturated carbocycles. The van der Waals surface area contributed by atoms with Crippen LogP contribution in [0.4, 0.5) is 0 Å². The number of thioether (sulfide) groups is 1. The Morgan fingerprint density at radius 1 is 1.05 bits per heavy atom. The molecule has 22 heavy (non-hydrogen) atoms. The van der Waals surface area contributed by atoms with Crippen LogP contribution < -0.4 is 0 Å². The van der Waals surface area contributed by atoms with Crippen molar-refractivity contribution in [2.45, 2.75) is 18.3 Å². The zero-order chi connectivity index (χ0) is 15.4. The van der Waals surface area contributed by atoms with E-state index in [1.165, 1.54) is 17.3 Å². The summed E-state index contributed by atoms with van der Waals surface area (Å²) in [5.74, 6) is 0.969. The number of aryl methyl sites for hydroxylation is 1. The van der Waals surface area contributed by atoms with Gasteiger partial charge in [0.2, 0.25) is 5.89 Å². The monoisotopic (exact) mass is 312 g/mol. The van der Waals surface area contributed by atoms with E-state index in [2.05, 4.69) is 10.2 Å². The summed E-state index contributed by atoms with van der Waals surface area (Å²) >= 11 is 1.35. The summed E-state index contributed by atoms with van der Waals surface area (Å²) in [4.78, 5) is 0. The fourth-order valence-electron chi connectivity index (χ4n) is 2.00. The van der Waals surface area contributed by atoms with Gasteiger partial charge < -0.3 is 9.52 Å². The van der Waals surface area contributed by atoms with Crippen LogP contribution in [0.3, 0.4) is 0 Å². The van der Waals surface area contributed by atoms with E-state index >= 15 is 0 Å². The van der Waals surface area contributed by atoms with Crippen LogP contribution in [-0.2, 0) is 0 Å². The normalized spacial score (nSPS) is 12.3.